The second kappa shape index (κ2) is 9.71. The smallest absolute Gasteiger partial charge is 0.338 e. The molecule has 0 heterocycles. The van der Waals surface area contributed by atoms with Crippen molar-refractivity contribution in [3.05, 3.63) is 83.9 Å². The minimum absolute atomic E-state index is 0.343. The largest absolute Gasteiger partial charge is 0.449 e. The van der Waals surface area contributed by atoms with Crippen molar-refractivity contribution < 1.29 is 23.9 Å². The van der Waals surface area contributed by atoms with Crippen LogP contribution in [0.1, 0.15) is 29.8 Å². The first-order chi connectivity index (χ1) is 14.8. The van der Waals surface area contributed by atoms with Gasteiger partial charge in [-0.05, 0) is 61.4 Å². The normalized spacial score (nSPS) is 11.3. The monoisotopic (exact) mass is 417 g/mol. The lowest BCUT2D eigenvalue weighted by Crippen LogP contribution is -2.30. The number of amides is 1. The van der Waals surface area contributed by atoms with Gasteiger partial charge in [-0.1, -0.05) is 42.0 Å². The highest BCUT2D eigenvalue weighted by Crippen LogP contribution is 2.23. The molecule has 0 fully saturated rings. The number of rotatable bonds is 6. The number of carbonyl (C=O) groups is 3. The zero-order valence-electron chi connectivity index (χ0n) is 17.5. The Bertz CT molecular complexity index is 1070. The van der Waals surface area contributed by atoms with Crippen LogP contribution < -0.4 is 10.1 Å². The van der Waals surface area contributed by atoms with E-state index in [9.17, 15) is 14.4 Å². The van der Waals surface area contributed by atoms with E-state index in [-0.39, 0.29) is 5.97 Å². The lowest BCUT2D eigenvalue weighted by atomic mass is 10.0. The molecule has 0 spiro atoms. The van der Waals surface area contributed by atoms with Gasteiger partial charge in [-0.2, -0.15) is 0 Å². The standard InChI is InChI=1S/C25H23NO5/c1-16-4-12-22(13-5-16)26-24(28)17(2)30-25(29)21-8-6-19(7-9-21)20-10-14-23(15-11-20)31-18(3)27/h4-15,17H,1-3H3,(H,26,28)/t17-/m0/s1. The highest BCUT2D eigenvalue weighted by Gasteiger charge is 2.19. The van der Waals surface area contributed by atoms with E-state index in [1.54, 1.807) is 48.5 Å². The van der Waals surface area contributed by atoms with Crippen LogP contribution in [0.4, 0.5) is 5.69 Å². The van der Waals surface area contributed by atoms with Crippen LogP contribution in [0.5, 0.6) is 5.75 Å². The molecule has 6 nitrogen and oxygen atoms in total. The maximum atomic E-state index is 12.4. The van der Waals surface area contributed by atoms with E-state index in [4.69, 9.17) is 9.47 Å². The van der Waals surface area contributed by atoms with Crippen LogP contribution in [0.25, 0.3) is 11.1 Å². The summed E-state index contributed by atoms with van der Waals surface area (Å²) < 4.78 is 10.3. The maximum Gasteiger partial charge on any atom is 0.338 e. The fraction of sp³-hybridized carbons (Fsp3) is 0.160. The Morgan fingerprint density at radius 2 is 1.35 bits per heavy atom. The van der Waals surface area contributed by atoms with Crippen LogP contribution in [0, 0.1) is 6.92 Å². The number of ether oxygens (including phenoxy) is 2. The maximum absolute atomic E-state index is 12.4. The minimum Gasteiger partial charge on any atom is -0.449 e. The van der Waals surface area contributed by atoms with Crippen molar-refractivity contribution >= 4 is 23.5 Å². The van der Waals surface area contributed by atoms with Crippen LogP contribution in [-0.2, 0) is 14.3 Å². The van der Waals surface area contributed by atoms with E-state index < -0.39 is 18.0 Å². The van der Waals surface area contributed by atoms with Crippen molar-refractivity contribution in [2.24, 2.45) is 0 Å². The molecule has 0 aliphatic carbocycles. The molecule has 6 heteroatoms. The molecule has 3 rings (SSSR count). The fourth-order valence-electron chi connectivity index (χ4n) is 2.84. The summed E-state index contributed by atoms with van der Waals surface area (Å²) in [5.41, 5.74) is 3.86. The summed E-state index contributed by atoms with van der Waals surface area (Å²) in [6.07, 6.45) is -0.942. The summed E-state index contributed by atoms with van der Waals surface area (Å²) in [5, 5.41) is 2.73. The molecule has 0 aromatic heterocycles. The lowest BCUT2D eigenvalue weighted by molar-refractivity contribution is -0.131. The van der Waals surface area contributed by atoms with Gasteiger partial charge in [0.15, 0.2) is 6.10 Å². The highest BCUT2D eigenvalue weighted by atomic mass is 16.5. The molecule has 0 saturated carbocycles. The third-order valence-corrected chi connectivity index (χ3v) is 4.54. The van der Waals surface area contributed by atoms with E-state index in [1.807, 2.05) is 31.2 Å². The quantitative estimate of drug-likeness (QED) is 0.461. The van der Waals surface area contributed by atoms with E-state index in [0.29, 0.717) is 17.0 Å². The van der Waals surface area contributed by atoms with Crippen LogP contribution >= 0.6 is 0 Å². The molecular formula is C25H23NO5. The molecule has 3 aromatic carbocycles. The Morgan fingerprint density at radius 3 is 1.90 bits per heavy atom. The Hall–Kier alpha value is -3.93. The topological polar surface area (TPSA) is 81.7 Å². The average Bonchev–Trinajstić information content (AvgIpc) is 2.75. The summed E-state index contributed by atoms with van der Waals surface area (Å²) in [6.45, 7) is 4.83. The van der Waals surface area contributed by atoms with Crippen molar-refractivity contribution in [1.29, 1.82) is 0 Å². The third kappa shape index (κ3) is 6.02. The Kier molecular flexibility index (Phi) is 6.82. The number of hydrogen-bond acceptors (Lipinski definition) is 5. The molecule has 0 unspecified atom stereocenters. The predicted molar refractivity (Wildman–Crippen MR) is 118 cm³/mol. The number of esters is 2. The van der Waals surface area contributed by atoms with E-state index in [0.717, 1.165) is 16.7 Å². The lowest BCUT2D eigenvalue weighted by Gasteiger charge is -2.14. The Balaban J connectivity index is 1.59. The SMILES string of the molecule is CC(=O)Oc1ccc(-c2ccc(C(=O)O[C@@H](C)C(=O)Nc3ccc(C)cc3)cc2)cc1. The average molecular weight is 417 g/mol. The second-order valence-corrected chi connectivity index (χ2v) is 7.10. The zero-order valence-corrected chi connectivity index (χ0v) is 17.5. The Labute approximate surface area is 180 Å². The zero-order chi connectivity index (χ0) is 22.4. The summed E-state index contributed by atoms with van der Waals surface area (Å²) in [6, 6.07) is 21.3. The molecule has 31 heavy (non-hydrogen) atoms. The predicted octanol–water partition coefficient (Wildman–Crippen LogP) is 4.77. The van der Waals surface area contributed by atoms with Crippen LogP contribution in [0.15, 0.2) is 72.8 Å². The highest BCUT2D eigenvalue weighted by molar-refractivity contribution is 5.97. The molecule has 158 valence electrons. The first-order valence-corrected chi connectivity index (χ1v) is 9.79. The number of aryl methyl sites for hydroxylation is 1. The summed E-state index contributed by atoms with van der Waals surface area (Å²) >= 11 is 0. The van der Waals surface area contributed by atoms with Crippen molar-refractivity contribution in [1.82, 2.24) is 0 Å². The van der Waals surface area contributed by atoms with E-state index >= 15 is 0 Å². The molecule has 1 atom stereocenters. The minimum atomic E-state index is -0.942. The van der Waals surface area contributed by atoms with Gasteiger partial charge in [-0.3, -0.25) is 9.59 Å². The molecule has 0 aliphatic heterocycles. The van der Waals surface area contributed by atoms with Crippen molar-refractivity contribution in [2.75, 3.05) is 5.32 Å². The van der Waals surface area contributed by atoms with Gasteiger partial charge in [0.1, 0.15) is 5.75 Å². The molecule has 0 bridgehead atoms. The fourth-order valence-corrected chi connectivity index (χ4v) is 2.84. The Morgan fingerprint density at radius 1 is 0.806 bits per heavy atom. The molecule has 3 aromatic rings. The second-order valence-electron chi connectivity index (χ2n) is 7.10. The first kappa shape index (κ1) is 21.8. The van der Waals surface area contributed by atoms with Gasteiger partial charge in [0.2, 0.25) is 0 Å². The number of anilines is 1. The van der Waals surface area contributed by atoms with E-state index in [2.05, 4.69) is 5.32 Å². The summed E-state index contributed by atoms with van der Waals surface area (Å²) in [4.78, 5) is 35.7. The van der Waals surface area contributed by atoms with Crippen LogP contribution in [0.2, 0.25) is 0 Å². The van der Waals surface area contributed by atoms with Gasteiger partial charge in [0, 0.05) is 12.6 Å². The van der Waals surface area contributed by atoms with Gasteiger partial charge in [-0.15, -0.1) is 0 Å². The van der Waals surface area contributed by atoms with Crippen molar-refractivity contribution in [2.45, 2.75) is 26.9 Å². The molecule has 0 aliphatic rings. The first-order valence-electron chi connectivity index (χ1n) is 9.79. The van der Waals surface area contributed by atoms with E-state index in [1.165, 1.54) is 13.8 Å². The van der Waals surface area contributed by atoms with Gasteiger partial charge in [-0.25, -0.2) is 4.79 Å². The van der Waals surface area contributed by atoms with Crippen LogP contribution in [-0.4, -0.2) is 23.9 Å². The molecule has 0 saturated heterocycles. The van der Waals surface area contributed by atoms with Gasteiger partial charge in [0.05, 0.1) is 5.56 Å². The molecular weight excluding hydrogens is 394 g/mol. The third-order valence-electron chi connectivity index (χ3n) is 4.54. The van der Waals surface area contributed by atoms with Crippen molar-refractivity contribution in [3.63, 3.8) is 0 Å². The molecule has 1 N–H and O–H groups in total. The van der Waals surface area contributed by atoms with Crippen LogP contribution in [0.3, 0.4) is 0 Å². The summed E-state index contributed by atoms with van der Waals surface area (Å²) in [5.74, 6) is -0.892. The van der Waals surface area contributed by atoms with Gasteiger partial charge in [0.25, 0.3) is 5.91 Å². The van der Waals surface area contributed by atoms with Gasteiger partial charge < -0.3 is 14.8 Å². The van der Waals surface area contributed by atoms with Crippen molar-refractivity contribution in [3.8, 4) is 16.9 Å². The number of nitrogens with one attached hydrogen (secondary N) is 1. The molecule has 0 radical (unpaired) electrons. The summed E-state index contributed by atoms with van der Waals surface area (Å²) in [7, 11) is 0. The van der Waals surface area contributed by atoms with Gasteiger partial charge >= 0.3 is 11.9 Å². The number of benzene rings is 3. The number of hydrogen-bond donors (Lipinski definition) is 1. The number of carbonyl (C=O) groups excluding carboxylic acids is 3. The molecule has 1 amide bonds.